The van der Waals surface area contributed by atoms with E-state index < -0.39 is 5.97 Å². The predicted octanol–water partition coefficient (Wildman–Crippen LogP) is -0.955. The van der Waals surface area contributed by atoms with Crippen LogP contribution in [0.2, 0.25) is 0 Å². The standard InChI is InChI=1S/C11H20O2.ClH.Zn/c1-2-3-4-5-6-7-8-9-10-11(12)13;;/h9-10H,2-8H2,1H3,(H,12,13);1H;/q;;+2/p-2. The van der Waals surface area contributed by atoms with Gasteiger partial charge in [-0.3, -0.25) is 0 Å². The van der Waals surface area contributed by atoms with E-state index in [4.69, 9.17) is 0 Å². The van der Waals surface area contributed by atoms with Crippen LogP contribution in [0.4, 0.5) is 0 Å². The molecular formula is C11H19ClO2Zn. The van der Waals surface area contributed by atoms with Crippen molar-refractivity contribution in [2.45, 2.75) is 51.9 Å². The fourth-order valence-corrected chi connectivity index (χ4v) is 1.22. The molecule has 0 aliphatic heterocycles. The van der Waals surface area contributed by atoms with Crippen LogP contribution in [-0.2, 0) is 24.3 Å². The van der Waals surface area contributed by atoms with Crippen LogP contribution in [0.3, 0.4) is 0 Å². The van der Waals surface area contributed by atoms with E-state index in [-0.39, 0.29) is 31.9 Å². The topological polar surface area (TPSA) is 40.1 Å². The van der Waals surface area contributed by atoms with Crippen molar-refractivity contribution in [1.82, 2.24) is 0 Å². The first kappa shape index (κ1) is 20.5. The summed E-state index contributed by atoms with van der Waals surface area (Å²) in [6, 6.07) is 0. The second-order valence-corrected chi connectivity index (χ2v) is 3.28. The number of hydrogen-bond donors (Lipinski definition) is 0. The van der Waals surface area contributed by atoms with Gasteiger partial charge in [0, 0.05) is 0 Å². The molecule has 0 amide bonds. The Morgan fingerprint density at radius 1 is 1.13 bits per heavy atom. The number of hydrogen-bond acceptors (Lipinski definition) is 2. The molecule has 0 N–H and O–H groups in total. The van der Waals surface area contributed by atoms with E-state index in [1.807, 2.05) is 0 Å². The van der Waals surface area contributed by atoms with Crippen LogP contribution in [0.25, 0.3) is 0 Å². The van der Waals surface area contributed by atoms with Crippen molar-refractivity contribution in [3.8, 4) is 0 Å². The number of carbonyl (C=O) groups is 1. The van der Waals surface area contributed by atoms with Gasteiger partial charge in [-0.15, -0.1) is 0 Å². The summed E-state index contributed by atoms with van der Waals surface area (Å²) in [4.78, 5) is 9.98. The Balaban J connectivity index is -0.000000720. The van der Waals surface area contributed by atoms with E-state index in [1.54, 1.807) is 6.08 Å². The Labute approximate surface area is 112 Å². The molecule has 0 aromatic carbocycles. The van der Waals surface area contributed by atoms with Gasteiger partial charge in [-0.05, 0) is 18.9 Å². The van der Waals surface area contributed by atoms with Crippen molar-refractivity contribution in [3.63, 3.8) is 0 Å². The number of halogens is 1. The average Bonchev–Trinajstić information content (AvgIpc) is 2.09. The first-order valence-corrected chi connectivity index (χ1v) is 5.15. The van der Waals surface area contributed by atoms with Crippen LogP contribution >= 0.6 is 0 Å². The molecule has 4 heteroatoms. The molecule has 0 unspecified atom stereocenters. The van der Waals surface area contributed by atoms with Gasteiger partial charge in [-0.2, -0.15) is 0 Å². The molecule has 0 bridgehead atoms. The maximum atomic E-state index is 9.98. The minimum atomic E-state index is -1.09. The third-order valence-electron chi connectivity index (χ3n) is 1.98. The second-order valence-electron chi connectivity index (χ2n) is 3.28. The van der Waals surface area contributed by atoms with E-state index >= 15 is 0 Å². The molecule has 0 radical (unpaired) electrons. The molecule has 0 saturated carbocycles. The summed E-state index contributed by atoms with van der Waals surface area (Å²) in [6.07, 6.45) is 11.1. The third-order valence-corrected chi connectivity index (χ3v) is 1.98. The fraction of sp³-hybridized carbons (Fsp3) is 0.727. The minimum Gasteiger partial charge on any atom is -1.00 e. The van der Waals surface area contributed by atoms with Crippen LogP contribution in [0.1, 0.15) is 51.9 Å². The smallest absolute Gasteiger partial charge is 1.00 e. The Morgan fingerprint density at radius 3 is 2.20 bits per heavy atom. The summed E-state index contributed by atoms with van der Waals surface area (Å²) in [6.45, 7) is 2.20. The maximum absolute atomic E-state index is 9.98. The number of carboxylic acids is 1. The van der Waals surface area contributed by atoms with E-state index in [2.05, 4.69) is 6.92 Å². The molecule has 0 aromatic heterocycles. The van der Waals surface area contributed by atoms with Crippen molar-refractivity contribution >= 4 is 5.97 Å². The quantitative estimate of drug-likeness (QED) is 0.327. The van der Waals surface area contributed by atoms with Crippen molar-refractivity contribution in [3.05, 3.63) is 12.2 Å². The Bertz CT molecular complexity index is 161. The SMILES string of the molecule is CCCCCCCCC=CC(=O)[O-].[Cl-].[Zn+2]. The van der Waals surface area contributed by atoms with Crippen molar-refractivity contribution in [1.29, 1.82) is 0 Å². The van der Waals surface area contributed by atoms with Gasteiger partial charge in [0.15, 0.2) is 0 Å². The predicted molar refractivity (Wildman–Crippen MR) is 52.1 cm³/mol. The summed E-state index contributed by atoms with van der Waals surface area (Å²) >= 11 is 0. The van der Waals surface area contributed by atoms with Crippen LogP contribution in [0, 0.1) is 0 Å². The van der Waals surface area contributed by atoms with Crippen molar-refractivity contribution in [2.75, 3.05) is 0 Å². The number of allylic oxidation sites excluding steroid dienone is 1. The van der Waals surface area contributed by atoms with Gasteiger partial charge < -0.3 is 22.3 Å². The van der Waals surface area contributed by atoms with Gasteiger partial charge in [0.2, 0.25) is 0 Å². The third kappa shape index (κ3) is 20.3. The fourth-order valence-electron chi connectivity index (χ4n) is 1.22. The van der Waals surface area contributed by atoms with Gasteiger partial charge in [0.1, 0.15) is 0 Å². The maximum Gasteiger partial charge on any atom is 2.00 e. The summed E-state index contributed by atoms with van der Waals surface area (Å²) in [5.74, 6) is -1.09. The molecule has 15 heavy (non-hydrogen) atoms. The van der Waals surface area contributed by atoms with Crippen LogP contribution < -0.4 is 17.5 Å². The molecule has 0 spiro atoms. The summed E-state index contributed by atoms with van der Waals surface area (Å²) in [5.41, 5.74) is 0. The van der Waals surface area contributed by atoms with Gasteiger partial charge in [0.25, 0.3) is 0 Å². The Morgan fingerprint density at radius 2 is 1.67 bits per heavy atom. The van der Waals surface area contributed by atoms with Crippen molar-refractivity contribution in [2.24, 2.45) is 0 Å². The Kier molecular flexibility index (Phi) is 22.6. The zero-order valence-electron chi connectivity index (χ0n) is 9.51. The molecule has 0 aliphatic carbocycles. The molecule has 0 heterocycles. The molecule has 0 saturated heterocycles. The van der Waals surface area contributed by atoms with Gasteiger partial charge in [-0.25, -0.2) is 0 Å². The molecule has 0 rings (SSSR count). The normalized spacial score (nSPS) is 9.40. The molecule has 0 aliphatic rings. The molecule has 0 aromatic rings. The average molecular weight is 284 g/mol. The van der Waals surface area contributed by atoms with Gasteiger partial charge in [-0.1, -0.05) is 45.1 Å². The molecular weight excluding hydrogens is 265 g/mol. The Hall–Kier alpha value is 0.123. The monoisotopic (exact) mass is 282 g/mol. The second kappa shape index (κ2) is 16.5. The van der Waals surface area contributed by atoms with Gasteiger partial charge in [0.05, 0.1) is 5.97 Å². The molecule has 0 fully saturated rings. The number of carboxylic acid groups (broad SMARTS) is 1. The van der Waals surface area contributed by atoms with Crippen LogP contribution in [0.5, 0.6) is 0 Å². The van der Waals surface area contributed by atoms with Crippen LogP contribution in [-0.4, -0.2) is 5.97 Å². The first-order chi connectivity index (χ1) is 6.27. The summed E-state index contributed by atoms with van der Waals surface area (Å²) < 4.78 is 0. The van der Waals surface area contributed by atoms with Gasteiger partial charge >= 0.3 is 19.5 Å². The van der Waals surface area contributed by atoms with Crippen molar-refractivity contribution < 1.29 is 41.8 Å². The minimum absolute atomic E-state index is 0. The number of rotatable bonds is 8. The summed E-state index contributed by atoms with van der Waals surface area (Å²) in [5, 5.41) is 9.98. The van der Waals surface area contributed by atoms with E-state index in [0.29, 0.717) is 0 Å². The van der Waals surface area contributed by atoms with E-state index in [9.17, 15) is 9.90 Å². The number of aliphatic carboxylic acids is 1. The van der Waals surface area contributed by atoms with E-state index in [1.165, 1.54) is 32.1 Å². The zero-order chi connectivity index (χ0) is 9.94. The molecule has 0 atom stereocenters. The van der Waals surface area contributed by atoms with Crippen LogP contribution in [0.15, 0.2) is 12.2 Å². The first-order valence-electron chi connectivity index (χ1n) is 5.15. The molecule has 2 nitrogen and oxygen atoms in total. The zero-order valence-corrected chi connectivity index (χ0v) is 13.2. The summed E-state index contributed by atoms with van der Waals surface area (Å²) in [7, 11) is 0. The number of carbonyl (C=O) groups excluding carboxylic acids is 1. The van der Waals surface area contributed by atoms with E-state index in [0.717, 1.165) is 18.9 Å². The molecule has 84 valence electrons. The largest absolute Gasteiger partial charge is 2.00 e. The number of unbranched alkanes of at least 4 members (excludes halogenated alkanes) is 6.